The molecule has 2 aromatic rings. The number of carbonyl (C=O) groups is 1. The summed E-state index contributed by atoms with van der Waals surface area (Å²) in [4.78, 5) is 24.5. The predicted molar refractivity (Wildman–Crippen MR) is 129 cm³/mol. The molecule has 0 aliphatic carbocycles. The van der Waals surface area contributed by atoms with Gasteiger partial charge < -0.3 is 15.0 Å². The van der Waals surface area contributed by atoms with Gasteiger partial charge in [0.15, 0.2) is 5.66 Å². The lowest BCUT2D eigenvalue weighted by Gasteiger charge is -2.35. The molecule has 31 heavy (non-hydrogen) atoms. The number of thioether (sulfide) groups is 1. The molecule has 6 nitrogen and oxygen atoms in total. The monoisotopic (exact) mass is 456 g/mol. The number of amides is 2. The zero-order valence-corrected chi connectivity index (χ0v) is 19.2. The molecule has 1 spiro atoms. The first-order valence-corrected chi connectivity index (χ1v) is 11.9. The molecule has 0 bridgehead atoms. The molecule has 2 aliphatic heterocycles. The van der Waals surface area contributed by atoms with Crippen molar-refractivity contribution in [3.63, 3.8) is 0 Å². The number of anilines is 1. The van der Waals surface area contributed by atoms with Crippen LogP contribution in [0, 0.1) is 0 Å². The van der Waals surface area contributed by atoms with E-state index in [9.17, 15) is 4.79 Å². The number of hydrogen-bond acceptors (Lipinski definition) is 5. The molecule has 1 fully saturated rings. The van der Waals surface area contributed by atoms with Gasteiger partial charge in [-0.05, 0) is 49.6 Å². The van der Waals surface area contributed by atoms with Crippen LogP contribution in [0.1, 0.15) is 25.3 Å². The topological polar surface area (TPSA) is 66.3 Å². The Bertz CT molecular complexity index is 997. The van der Waals surface area contributed by atoms with Crippen molar-refractivity contribution in [2.45, 2.75) is 25.4 Å². The van der Waals surface area contributed by atoms with Crippen LogP contribution in [0.25, 0.3) is 0 Å². The number of halogens is 1. The summed E-state index contributed by atoms with van der Waals surface area (Å²) in [6.45, 7) is 3.76. The Kier molecular flexibility index (Phi) is 6.53. The van der Waals surface area contributed by atoms with Gasteiger partial charge in [0.2, 0.25) is 0 Å². The maximum absolute atomic E-state index is 12.7. The molecule has 0 unspecified atom stereocenters. The van der Waals surface area contributed by atoms with Crippen molar-refractivity contribution in [3.05, 3.63) is 59.1 Å². The van der Waals surface area contributed by atoms with Crippen molar-refractivity contribution in [2.75, 3.05) is 31.3 Å². The van der Waals surface area contributed by atoms with Gasteiger partial charge in [-0.15, -0.1) is 11.8 Å². The zero-order chi connectivity index (χ0) is 21.8. The highest BCUT2D eigenvalue weighted by molar-refractivity contribution is 8.15. The molecule has 1 saturated heterocycles. The first-order valence-electron chi connectivity index (χ1n) is 10.3. The highest BCUT2D eigenvalue weighted by Crippen LogP contribution is 2.35. The lowest BCUT2D eigenvalue weighted by Crippen LogP contribution is -2.46. The smallest absolute Gasteiger partial charge is 0.321 e. The maximum Gasteiger partial charge on any atom is 0.321 e. The Morgan fingerprint density at radius 2 is 1.81 bits per heavy atom. The SMILES string of the molecule is CCOc1ccc(NC(=O)N2CCC3(CC2)N=C(SC)C(c2ccc(Cl)cc2)=N3)cc1. The number of likely N-dealkylation sites (tertiary alicyclic amines) is 1. The molecule has 2 amide bonds. The lowest BCUT2D eigenvalue weighted by molar-refractivity contribution is 0.175. The first kappa shape index (κ1) is 21.7. The zero-order valence-electron chi connectivity index (χ0n) is 17.6. The molecule has 2 heterocycles. The fourth-order valence-electron chi connectivity index (χ4n) is 3.76. The van der Waals surface area contributed by atoms with Crippen molar-refractivity contribution >= 4 is 45.8 Å². The van der Waals surface area contributed by atoms with Gasteiger partial charge >= 0.3 is 6.03 Å². The highest BCUT2D eigenvalue weighted by atomic mass is 35.5. The number of carbonyl (C=O) groups excluding carboxylic acids is 1. The van der Waals surface area contributed by atoms with E-state index in [0.29, 0.717) is 37.6 Å². The second kappa shape index (κ2) is 9.32. The van der Waals surface area contributed by atoms with Gasteiger partial charge in [0.25, 0.3) is 0 Å². The minimum Gasteiger partial charge on any atom is -0.494 e. The predicted octanol–water partition coefficient (Wildman–Crippen LogP) is 5.33. The molecule has 0 atom stereocenters. The van der Waals surface area contributed by atoms with E-state index < -0.39 is 5.66 Å². The van der Waals surface area contributed by atoms with Crippen LogP contribution in [-0.4, -0.2) is 53.3 Å². The number of rotatable bonds is 4. The van der Waals surface area contributed by atoms with E-state index in [1.54, 1.807) is 11.8 Å². The molecule has 0 radical (unpaired) electrons. The van der Waals surface area contributed by atoms with E-state index in [-0.39, 0.29) is 6.03 Å². The third-order valence-electron chi connectivity index (χ3n) is 5.41. The van der Waals surface area contributed by atoms with Gasteiger partial charge in [0.05, 0.1) is 12.3 Å². The van der Waals surface area contributed by atoms with Gasteiger partial charge in [-0.1, -0.05) is 23.7 Å². The quantitative estimate of drug-likeness (QED) is 0.676. The number of hydrogen-bond donors (Lipinski definition) is 1. The first-order chi connectivity index (χ1) is 15.0. The Hall–Kier alpha value is -2.51. The van der Waals surface area contributed by atoms with Crippen molar-refractivity contribution in [1.29, 1.82) is 0 Å². The summed E-state index contributed by atoms with van der Waals surface area (Å²) in [5, 5.41) is 4.60. The highest BCUT2D eigenvalue weighted by Gasteiger charge is 2.40. The minimum absolute atomic E-state index is 0.104. The number of nitrogens with one attached hydrogen (secondary N) is 1. The molecule has 162 valence electrons. The van der Waals surface area contributed by atoms with Crippen molar-refractivity contribution in [1.82, 2.24) is 4.90 Å². The van der Waals surface area contributed by atoms with Crippen LogP contribution in [0.15, 0.2) is 58.5 Å². The van der Waals surface area contributed by atoms with Crippen molar-refractivity contribution in [2.24, 2.45) is 9.98 Å². The summed E-state index contributed by atoms with van der Waals surface area (Å²) in [5.74, 6) is 0.790. The summed E-state index contributed by atoms with van der Waals surface area (Å²) in [6, 6.07) is 15.0. The fourth-order valence-corrected chi connectivity index (χ4v) is 4.50. The number of urea groups is 1. The number of nitrogens with zero attached hydrogens (tertiary/aromatic N) is 3. The van der Waals surface area contributed by atoms with Crippen LogP contribution in [0.2, 0.25) is 5.02 Å². The Balaban J connectivity index is 1.41. The van der Waals surface area contributed by atoms with E-state index in [1.165, 1.54) is 0 Å². The van der Waals surface area contributed by atoms with E-state index in [4.69, 9.17) is 26.3 Å². The van der Waals surface area contributed by atoms with E-state index >= 15 is 0 Å². The largest absolute Gasteiger partial charge is 0.494 e. The van der Waals surface area contributed by atoms with Crippen LogP contribution in [-0.2, 0) is 0 Å². The standard InChI is InChI=1S/C23H25ClN4O2S/c1-3-30-19-10-8-18(9-11-19)25-22(29)28-14-12-23(13-15-28)26-20(21(27-23)31-2)16-4-6-17(24)7-5-16/h4-11H,3,12-15H2,1-2H3,(H,25,29). The molecular formula is C23H25ClN4O2S. The number of aliphatic imine (C=N–C) groups is 2. The molecule has 1 N–H and O–H groups in total. The average Bonchev–Trinajstić information content (AvgIpc) is 3.14. The second-order valence-electron chi connectivity index (χ2n) is 7.45. The summed E-state index contributed by atoms with van der Waals surface area (Å²) in [7, 11) is 0. The number of benzene rings is 2. The van der Waals surface area contributed by atoms with Crippen LogP contribution in [0.4, 0.5) is 10.5 Å². The molecule has 2 aromatic carbocycles. The van der Waals surface area contributed by atoms with Crippen LogP contribution >= 0.6 is 23.4 Å². The summed E-state index contributed by atoms with van der Waals surface area (Å²) < 4.78 is 5.44. The second-order valence-corrected chi connectivity index (χ2v) is 8.68. The number of piperidine rings is 1. The van der Waals surface area contributed by atoms with Crippen molar-refractivity contribution < 1.29 is 9.53 Å². The molecule has 4 rings (SSSR count). The van der Waals surface area contributed by atoms with Crippen molar-refractivity contribution in [3.8, 4) is 5.75 Å². The normalized spacial score (nSPS) is 17.3. The Morgan fingerprint density at radius 1 is 1.13 bits per heavy atom. The van der Waals surface area contributed by atoms with Crippen LogP contribution in [0.3, 0.4) is 0 Å². The van der Waals surface area contributed by atoms with Gasteiger partial charge in [0.1, 0.15) is 10.8 Å². The fraction of sp³-hybridized carbons (Fsp3) is 0.348. The average molecular weight is 457 g/mol. The van der Waals surface area contributed by atoms with Gasteiger partial charge in [-0.2, -0.15) is 0 Å². The Morgan fingerprint density at radius 3 is 2.42 bits per heavy atom. The molecule has 8 heteroatoms. The maximum atomic E-state index is 12.7. The van der Waals surface area contributed by atoms with Gasteiger partial charge in [0, 0.05) is 42.2 Å². The summed E-state index contributed by atoms with van der Waals surface area (Å²) in [6.07, 6.45) is 3.42. The van der Waals surface area contributed by atoms with E-state index in [1.807, 2.05) is 66.6 Å². The van der Waals surface area contributed by atoms with E-state index in [2.05, 4.69) is 5.32 Å². The molecule has 0 aromatic heterocycles. The Labute approximate surface area is 191 Å². The number of ether oxygens (including phenoxy) is 1. The minimum atomic E-state index is -0.483. The van der Waals surface area contributed by atoms with Gasteiger partial charge in [-0.3, -0.25) is 4.99 Å². The van der Waals surface area contributed by atoms with Gasteiger partial charge in [-0.25, -0.2) is 9.79 Å². The molecule has 0 saturated carbocycles. The third kappa shape index (κ3) is 4.88. The van der Waals surface area contributed by atoms with Crippen LogP contribution in [0.5, 0.6) is 5.75 Å². The summed E-state index contributed by atoms with van der Waals surface area (Å²) >= 11 is 7.64. The third-order valence-corrected chi connectivity index (χ3v) is 6.33. The summed E-state index contributed by atoms with van der Waals surface area (Å²) in [5.41, 5.74) is 2.20. The van der Waals surface area contributed by atoms with Crippen LogP contribution < -0.4 is 10.1 Å². The molecule has 2 aliphatic rings. The molecular weight excluding hydrogens is 432 g/mol. The van der Waals surface area contributed by atoms with E-state index in [0.717, 1.165) is 27.8 Å². The lowest BCUT2D eigenvalue weighted by atomic mass is 9.98.